The first-order valence-corrected chi connectivity index (χ1v) is 9.95. The average Bonchev–Trinajstić information content (AvgIpc) is 2.78. The topological polar surface area (TPSA) is 99.3 Å². The molecular weight excluding hydrogens is 416 g/mol. The predicted molar refractivity (Wildman–Crippen MR) is 122 cm³/mol. The zero-order valence-corrected chi connectivity index (χ0v) is 17.3. The van der Waals surface area contributed by atoms with E-state index in [2.05, 4.69) is 21.3 Å². The number of hydrogen-bond donors (Lipinski definition) is 4. The molecule has 3 rings (SSSR count). The number of halogens is 1. The SMILES string of the molecule is O=C(Nc1ccccc1)Nc1ccc(C(=O)NCCNC(=O)c2ccccc2Cl)cc1. The number of anilines is 2. The van der Waals surface area contributed by atoms with Crippen LogP contribution in [-0.4, -0.2) is 30.9 Å². The van der Waals surface area contributed by atoms with Crippen LogP contribution in [0.2, 0.25) is 5.02 Å². The largest absolute Gasteiger partial charge is 0.350 e. The van der Waals surface area contributed by atoms with Crippen LogP contribution in [0.25, 0.3) is 0 Å². The zero-order chi connectivity index (χ0) is 22.1. The summed E-state index contributed by atoms with van der Waals surface area (Å²) in [7, 11) is 0. The van der Waals surface area contributed by atoms with Crippen LogP contribution in [0.5, 0.6) is 0 Å². The summed E-state index contributed by atoms with van der Waals surface area (Å²) in [5, 5.41) is 11.2. The molecule has 8 heteroatoms. The summed E-state index contributed by atoms with van der Waals surface area (Å²) in [4.78, 5) is 36.3. The van der Waals surface area contributed by atoms with E-state index in [-0.39, 0.29) is 30.9 Å². The second-order valence-electron chi connectivity index (χ2n) is 6.51. The molecule has 0 fully saturated rings. The predicted octanol–water partition coefficient (Wildman–Crippen LogP) is 4.14. The minimum atomic E-state index is -0.377. The number of benzene rings is 3. The Hall–Kier alpha value is -3.84. The van der Waals surface area contributed by atoms with Crippen LogP contribution in [0.4, 0.5) is 16.2 Å². The normalized spacial score (nSPS) is 10.1. The first-order valence-electron chi connectivity index (χ1n) is 9.57. The van der Waals surface area contributed by atoms with Crippen molar-refractivity contribution in [3.63, 3.8) is 0 Å². The summed E-state index contributed by atoms with van der Waals surface area (Å²) in [6, 6.07) is 21.9. The monoisotopic (exact) mass is 436 g/mol. The van der Waals surface area contributed by atoms with Crippen molar-refractivity contribution in [3.05, 3.63) is 95.0 Å². The number of carbonyl (C=O) groups is 3. The van der Waals surface area contributed by atoms with E-state index in [0.29, 0.717) is 27.5 Å². The van der Waals surface area contributed by atoms with Gasteiger partial charge in [-0.1, -0.05) is 41.9 Å². The summed E-state index contributed by atoms with van der Waals surface area (Å²) >= 11 is 5.99. The Morgan fingerprint density at radius 2 is 1.19 bits per heavy atom. The highest BCUT2D eigenvalue weighted by atomic mass is 35.5. The van der Waals surface area contributed by atoms with E-state index >= 15 is 0 Å². The first-order chi connectivity index (χ1) is 15.0. The number of amides is 4. The fraction of sp³-hybridized carbons (Fsp3) is 0.0870. The molecular formula is C23H21ClN4O3. The molecule has 0 saturated carbocycles. The summed E-state index contributed by atoms with van der Waals surface area (Å²) in [6.07, 6.45) is 0. The highest BCUT2D eigenvalue weighted by Crippen LogP contribution is 2.14. The van der Waals surface area contributed by atoms with Gasteiger partial charge in [-0.05, 0) is 48.5 Å². The minimum Gasteiger partial charge on any atom is -0.350 e. The van der Waals surface area contributed by atoms with Gasteiger partial charge in [0.2, 0.25) is 0 Å². The number of hydrogen-bond acceptors (Lipinski definition) is 3. The van der Waals surface area contributed by atoms with Crippen molar-refractivity contribution in [2.45, 2.75) is 0 Å². The molecule has 0 unspecified atom stereocenters. The van der Waals surface area contributed by atoms with Crippen LogP contribution >= 0.6 is 11.6 Å². The van der Waals surface area contributed by atoms with Crippen LogP contribution in [-0.2, 0) is 0 Å². The molecule has 4 N–H and O–H groups in total. The molecule has 3 aromatic carbocycles. The maximum Gasteiger partial charge on any atom is 0.323 e. The molecule has 0 saturated heterocycles. The highest BCUT2D eigenvalue weighted by molar-refractivity contribution is 6.33. The Bertz CT molecular complexity index is 1060. The molecule has 0 aliphatic heterocycles. The number of rotatable bonds is 7. The van der Waals surface area contributed by atoms with E-state index in [9.17, 15) is 14.4 Å². The third kappa shape index (κ3) is 6.58. The van der Waals surface area contributed by atoms with Gasteiger partial charge in [-0.25, -0.2) is 4.79 Å². The van der Waals surface area contributed by atoms with Crippen LogP contribution in [0, 0.1) is 0 Å². The molecule has 0 spiro atoms. The lowest BCUT2D eigenvalue weighted by atomic mass is 10.2. The lowest BCUT2D eigenvalue weighted by Crippen LogP contribution is -2.34. The van der Waals surface area contributed by atoms with Crippen LogP contribution in [0.15, 0.2) is 78.9 Å². The molecule has 158 valence electrons. The molecule has 0 radical (unpaired) electrons. The Morgan fingerprint density at radius 1 is 0.645 bits per heavy atom. The van der Waals surface area contributed by atoms with Crippen molar-refractivity contribution >= 4 is 40.8 Å². The molecule has 31 heavy (non-hydrogen) atoms. The second kappa shape index (κ2) is 10.8. The maximum atomic E-state index is 12.2. The molecule has 0 aliphatic rings. The summed E-state index contributed by atoms with van der Waals surface area (Å²) in [6.45, 7) is 0.517. The van der Waals surface area contributed by atoms with E-state index < -0.39 is 0 Å². The van der Waals surface area contributed by atoms with E-state index in [1.54, 1.807) is 60.7 Å². The van der Waals surface area contributed by atoms with Gasteiger partial charge in [0.05, 0.1) is 10.6 Å². The van der Waals surface area contributed by atoms with Crippen LogP contribution in [0.3, 0.4) is 0 Å². The van der Waals surface area contributed by atoms with Gasteiger partial charge in [0, 0.05) is 30.0 Å². The third-order valence-corrected chi connectivity index (χ3v) is 4.58. The molecule has 0 heterocycles. The maximum absolute atomic E-state index is 12.2. The summed E-state index contributed by atoms with van der Waals surface area (Å²) < 4.78 is 0. The van der Waals surface area contributed by atoms with Gasteiger partial charge in [-0.2, -0.15) is 0 Å². The van der Waals surface area contributed by atoms with Gasteiger partial charge in [0.1, 0.15) is 0 Å². The van der Waals surface area contributed by atoms with Gasteiger partial charge in [-0.15, -0.1) is 0 Å². The smallest absolute Gasteiger partial charge is 0.323 e. The molecule has 0 aromatic heterocycles. The van der Waals surface area contributed by atoms with E-state index in [1.165, 1.54) is 0 Å². The highest BCUT2D eigenvalue weighted by Gasteiger charge is 2.10. The fourth-order valence-electron chi connectivity index (χ4n) is 2.71. The lowest BCUT2D eigenvalue weighted by Gasteiger charge is -2.10. The van der Waals surface area contributed by atoms with Gasteiger partial charge in [0.25, 0.3) is 11.8 Å². The van der Waals surface area contributed by atoms with E-state index in [4.69, 9.17) is 11.6 Å². The van der Waals surface area contributed by atoms with Gasteiger partial charge < -0.3 is 21.3 Å². The summed E-state index contributed by atoms with van der Waals surface area (Å²) in [5.74, 6) is -0.587. The van der Waals surface area contributed by atoms with E-state index in [0.717, 1.165) is 0 Å². The zero-order valence-electron chi connectivity index (χ0n) is 16.5. The molecule has 0 atom stereocenters. The summed E-state index contributed by atoms with van der Waals surface area (Å²) in [5.41, 5.74) is 2.05. The molecule has 7 nitrogen and oxygen atoms in total. The van der Waals surface area contributed by atoms with Crippen molar-refractivity contribution in [3.8, 4) is 0 Å². The van der Waals surface area contributed by atoms with Gasteiger partial charge in [0.15, 0.2) is 0 Å². The Balaban J connectivity index is 1.42. The van der Waals surface area contributed by atoms with Crippen molar-refractivity contribution < 1.29 is 14.4 Å². The van der Waals surface area contributed by atoms with Crippen molar-refractivity contribution in [2.24, 2.45) is 0 Å². The number of nitrogens with one attached hydrogen (secondary N) is 4. The van der Waals surface area contributed by atoms with Crippen molar-refractivity contribution in [2.75, 3.05) is 23.7 Å². The first kappa shape index (κ1) is 21.9. The Labute approximate surface area is 184 Å². The minimum absolute atomic E-state index is 0.258. The molecule has 4 amide bonds. The third-order valence-electron chi connectivity index (χ3n) is 4.25. The van der Waals surface area contributed by atoms with Crippen LogP contribution < -0.4 is 21.3 Å². The second-order valence-corrected chi connectivity index (χ2v) is 6.92. The van der Waals surface area contributed by atoms with Crippen molar-refractivity contribution in [1.82, 2.24) is 10.6 Å². The number of para-hydroxylation sites is 1. The van der Waals surface area contributed by atoms with Gasteiger partial charge in [-0.3, -0.25) is 9.59 Å². The van der Waals surface area contributed by atoms with Crippen LogP contribution in [0.1, 0.15) is 20.7 Å². The standard InChI is InChI=1S/C23H21ClN4O3/c24-20-9-5-4-8-19(20)22(30)26-15-14-25-21(29)16-10-12-18(13-11-16)28-23(31)27-17-6-2-1-3-7-17/h1-13H,14-15H2,(H,25,29)(H,26,30)(H2,27,28,31). The average molecular weight is 437 g/mol. The lowest BCUT2D eigenvalue weighted by molar-refractivity contribution is 0.0927. The Kier molecular flexibility index (Phi) is 7.61. The fourth-order valence-corrected chi connectivity index (χ4v) is 2.94. The number of carbonyl (C=O) groups excluding carboxylic acids is 3. The van der Waals surface area contributed by atoms with Crippen molar-refractivity contribution in [1.29, 1.82) is 0 Å². The number of urea groups is 1. The quantitative estimate of drug-likeness (QED) is 0.419. The molecule has 0 aliphatic carbocycles. The van der Waals surface area contributed by atoms with Gasteiger partial charge >= 0.3 is 6.03 Å². The van der Waals surface area contributed by atoms with E-state index in [1.807, 2.05) is 18.2 Å². The Morgan fingerprint density at radius 3 is 1.84 bits per heavy atom. The molecule has 3 aromatic rings. The molecule has 0 bridgehead atoms.